The van der Waals surface area contributed by atoms with E-state index in [4.69, 9.17) is 9.47 Å². The van der Waals surface area contributed by atoms with Gasteiger partial charge in [-0.05, 0) is 26.3 Å². The summed E-state index contributed by atoms with van der Waals surface area (Å²) >= 11 is 0. The average Bonchev–Trinajstić information content (AvgIpc) is 2.95. The normalized spacial score (nSPS) is 21.1. The molecule has 1 saturated heterocycles. The minimum Gasteiger partial charge on any atom is -0.355 e. The summed E-state index contributed by atoms with van der Waals surface area (Å²) in [7, 11) is 5.37. The molecule has 1 aromatic heterocycles. The van der Waals surface area contributed by atoms with Crippen molar-refractivity contribution in [2.75, 3.05) is 27.3 Å². The van der Waals surface area contributed by atoms with E-state index in [2.05, 4.69) is 16.9 Å². The Morgan fingerprint density at radius 1 is 1.44 bits per heavy atom. The molecule has 1 aromatic rings. The highest BCUT2D eigenvalue weighted by atomic mass is 16.7. The van der Waals surface area contributed by atoms with Crippen LogP contribution >= 0.6 is 0 Å². The van der Waals surface area contributed by atoms with E-state index in [-0.39, 0.29) is 6.29 Å². The SMILES string of the molecule is COC(CN1CCC[C@H]1c1cnn(C)c1C)OC. The zero-order valence-corrected chi connectivity index (χ0v) is 11.7. The molecule has 0 N–H and O–H groups in total. The Morgan fingerprint density at radius 2 is 2.17 bits per heavy atom. The zero-order chi connectivity index (χ0) is 13.1. The van der Waals surface area contributed by atoms with Crippen LogP contribution in [0, 0.1) is 6.92 Å². The van der Waals surface area contributed by atoms with Gasteiger partial charge < -0.3 is 9.47 Å². The lowest BCUT2D eigenvalue weighted by Crippen LogP contribution is -2.34. The Hall–Kier alpha value is -0.910. The molecule has 1 aliphatic heterocycles. The number of rotatable bonds is 5. The molecule has 0 aliphatic carbocycles. The molecule has 1 fully saturated rings. The summed E-state index contributed by atoms with van der Waals surface area (Å²) in [5.74, 6) is 0. The maximum absolute atomic E-state index is 5.30. The smallest absolute Gasteiger partial charge is 0.169 e. The van der Waals surface area contributed by atoms with Crippen molar-refractivity contribution in [2.24, 2.45) is 7.05 Å². The van der Waals surface area contributed by atoms with Crippen molar-refractivity contribution in [2.45, 2.75) is 32.1 Å². The summed E-state index contributed by atoms with van der Waals surface area (Å²) < 4.78 is 12.5. The summed E-state index contributed by atoms with van der Waals surface area (Å²) in [4.78, 5) is 2.43. The summed E-state index contributed by atoms with van der Waals surface area (Å²) in [5, 5.41) is 4.34. The fourth-order valence-electron chi connectivity index (χ4n) is 2.68. The van der Waals surface area contributed by atoms with E-state index < -0.39 is 0 Å². The molecular formula is C13H23N3O2. The molecule has 2 rings (SSSR count). The second kappa shape index (κ2) is 5.82. The van der Waals surface area contributed by atoms with Gasteiger partial charge in [0.25, 0.3) is 0 Å². The van der Waals surface area contributed by atoms with Gasteiger partial charge in [0.1, 0.15) is 0 Å². The molecule has 102 valence electrons. The predicted octanol–water partition coefficient (Wildman–Crippen LogP) is 1.48. The molecule has 2 heterocycles. The van der Waals surface area contributed by atoms with E-state index >= 15 is 0 Å². The van der Waals surface area contributed by atoms with Gasteiger partial charge >= 0.3 is 0 Å². The molecule has 18 heavy (non-hydrogen) atoms. The number of ether oxygens (including phenoxy) is 2. The van der Waals surface area contributed by atoms with Gasteiger partial charge in [-0.1, -0.05) is 0 Å². The standard InChI is InChI=1S/C13H23N3O2/c1-10-11(8-14-15(10)2)12-6-5-7-16(12)9-13(17-3)18-4/h8,12-13H,5-7,9H2,1-4H3/t12-/m0/s1. The molecular weight excluding hydrogens is 230 g/mol. The zero-order valence-electron chi connectivity index (χ0n) is 11.7. The third-order valence-corrected chi connectivity index (χ3v) is 3.91. The monoisotopic (exact) mass is 253 g/mol. The lowest BCUT2D eigenvalue weighted by Gasteiger charge is -2.27. The van der Waals surface area contributed by atoms with Crippen LogP contribution in [0.15, 0.2) is 6.20 Å². The highest BCUT2D eigenvalue weighted by molar-refractivity contribution is 5.21. The van der Waals surface area contributed by atoms with Gasteiger partial charge in [0.15, 0.2) is 6.29 Å². The number of methoxy groups -OCH3 is 2. The first kappa shape index (κ1) is 13.5. The number of nitrogens with zero attached hydrogens (tertiary/aromatic N) is 3. The molecule has 0 aromatic carbocycles. The predicted molar refractivity (Wildman–Crippen MR) is 69.3 cm³/mol. The number of hydrogen-bond acceptors (Lipinski definition) is 4. The molecule has 1 aliphatic rings. The Labute approximate surface area is 109 Å². The van der Waals surface area contributed by atoms with Gasteiger partial charge in [0, 0.05) is 38.6 Å². The lowest BCUT2D eigenvalue weighted by atomic mass is 10.1. The third-order valence-electron chi connectivity index (χ3n) is 3.91. The van der Waals surface area contributed by atoms with Crippen LogP contribution in [-0.4, -0.2) is 48.3 Å². The first-order valence-electron chi connectivity index (χ1n) is 6.45. The van der Waals surface area contributed by atoms with E-state index in [1.807, 2.05) is 17.9 Å². The Balaban J connectivity index is 2.10. The maximum atomic E-state index is 5.30. The van der Waals surface area contributed by atoms with Crippen molar-refractivity contribution in [1.82, 2.24) is 14.7 Å². The van der Waals surface area contributed by atoms with Crippen LogP contribution in [0.5, 0.6) is 0 Å². The van der Waals surface area contributed by atoms with Crippen LogP contribution < -0.4 is 0 Å². The fraction of sp³-hybridized carbons (Fsp3) is 0.769. The Bertz CT molecular complexity index is 388. The van der Waals surface area contributed by atoms with Crippen LogP contribution in [0.4, 0.5) is 0 Å². The first-order valence-corrected chi connectivity index (χ1v) is 6.45. The van der Waals surface area contributed by atoms with E-state index in [0.29, 0.717) is 6.04 Å². The summed E-state index contributed by atoms with van der Waals surface area (Å²) in [5.41, 5.74) is 2.58. The first-order chi connectivity index (χ1) is 8.67. The number of aromatic nitrogens is 2. The van der Waals surface area contributed by atoms with Gasteiger partial charge in [0.2, 0.25) is 0 Å². The number of aryl methyl sites for hydroxylation is 1. The lowest BCUT2D eigenvalue weighted by molar-refractivity contribution is -0.117. The highest BCUT2D eigenvalue weighted by Crippen LogP contribution is 2.33. The maximum Gasteiger partial charge on any atom is 0.169 e. The third kappa shape index (κ3) is 2.58. The van der Waals surface area contributed by atoms with E-state index in [0.717, 1.165) is 13.1 Å². The van der Waals surface area contributed by atoms with Gasteiger partial charge in [-0.2, -0.15) is 5.10 Å². The van der Waals surface area contributed by atoms with E-state index in [1.54, 1.807) is 14.2 Å². The second-order valence-corrected chi connectivity index (χ2v) is 4.86. The van der Waals surface area contributed by atoms with Gasteiger partial charge in [-0.3, -0.25) is 9.58 Å². The van der Waals surface area contributed by atoms with Crippen molar-refractivity contribution in [3.63, 3.8) is 0 Å². The van der Waals surface area contributed by atoms with Gasteiger partial charge in [0.05, 0.1) is 12.7 Å². The molecule has 5 nitrogen and oxygen atoms in total. The van der Waals surface area contributed by atoms with Crippen molar-refractivity contribution < 1.29 is 9.47 Å². The second-order valence-electron chi connectivity index (χ2n) is 4.86. The van der Waals surface area contributed by atoms with Crippen LogP contribution in [0.1, 0.15) is 30.1 Å². The van der Waals surface area contributed by atoms with Crippen molar-refractivity contribution in [1.29, 1.82) is 0 Å². The van der Waals surface area contributed by atoms with Crippen molar-refractivity contribution in [3.05, 3.63) is 17.5 Å². The summed E-state index contributed by atoms with van der Waals surface area (Å²) in [6.45, 7) is 4.04. The van der Waals surface area contributed by atoms with E-state index in [9.17, 15) is 0 Å². The molecule has 0 saturated carbocycles. The molecule has 5 heteroatoms. The average molecular weight is 253 g/mol. The van der Waals surface area contributed by atoms with Gasteiger partial charge in [-0.15, -0.1) is 0 Å². The topological polar surface area (TPSA) is 39.5 Å². The molecule has 0 bridgehead atoms. The van der Waals surface area contributed by atoms with Crippen LogP contribution in [0.3, 0.4) is 0 Å². The number of hydrogen-bond donors (Lipinski definition) is 0. The molecule has 0 spiro atoms. The quantitative estimate of drug-likeness (QED) is 0.745. The minimum atomic E-state index is -0.150. The van der Waals surface area contributed by atoms with Crippen molar-refractivity contribution >= 4 is 0 Å². The number of likely N-dealkylation sites (tertiary alicyclic amines) is 1. The van der Waals surface area contributed by atoms with Crippen LogP contribution in [0.25, 0.3) is 0 Å². The Kier molecular flexibility index (Phi) is 4.37. The Morgan fingerprint density at radius 3 is 2.72 bits per heavy atom. The summed E-state index contributed by atoms with van der Waals surface area (Å²) in [6.07, 6.45) is 4.25. The molecule has 1 atom stereocenters. The minimum absolute atomic E-state index is 0.150. The molecule has 0 radical (unpaired) electrons. The fourth-order valence-corrected chi connectivity index (χ4v) is 2.68. The molecule has 0 amide bonds. The molecule has 0 unspecified atom stereocenters. The van der Waals surface area contributed by atoms with Crippen LogP contribution in [0.2, 0.25) is 0 Å². The summed E-state index contributed by atoms with van der Waals surface area (Å²) in [6, 6.07) is 0.450. The van der Waals surface area contributed by atoms with E-state index in [1.165, 1.54) is 24.1 Å². The van der Waals surface area contributed by atoms with Crippen molar-refractivity contribution in [3.8, 4) is 0 Å². The highest BCUT2D eigenvalue weighted by Gasteiger charge is 2.30. The van der Waals surface area contributed by atoms with Gasteiger partial charge in [-0.25, -0.2) is 0 Å². The van der Waals surface area contributed by atoms with Crippen LogP contribution in [-0.2, 0) is 16.5 Å². The largest absolute Gasteiger partial charge is 0.355 e.